The predicted octanol–water partition coefficient (Wildman–Crippen LogP) is 2.96. The van der Waals surface area contributed by atoms with Gasteiger partial charge in [0.25, 0.3) is 0 Å². The van der Waals surface area contributed by atoms with E-state index in [2.05, 4.69) is 19.9 Å². The fourth-order valence-electron chi connectivity index (χ4n) is 3.38. The summed E-state index contributed by atoms with van der Waals surface area (Å²) >= 11 is 0. The van der Waals surface area contributed by atoms with Crippen molar-refractivity contribution in [2.24, 2.45) is 0 Å². The molecule has 0 radical (unpaired) electrons. The van der Waals surface area contributed by atoms with E-state index in [4.69, 9.17) is 0 Å². The molecule has 0 amide bonds. The lowest BCUT2D eigenvalue weighted by molar-refractivity contribution is 0.266. The summed E-state index contributed by atoms with van der Waals surface area (Å²) in [6.07, 6.45) is 3.94. The largest absolute Gasteiger partial charge is 0.394 e. The first-order valence-electron chi connectivity index (χ1n) is 8.33. The van der Waals surface area contributed by atoms with Crippen molar-refractivity contribution in [2.45, 2.75) is 25.8 Å². The Morgan fingerprint density at radius 1 is 1.17 bits per heavy atom. The van der Waals surface area contributed by atoms with Gasteiger partial charge in [0.15, 0.2) is 5.82 Å². The van der Waals surface area contributed by atoms with Crippen LogP contribution in [0, 0.1) is 6.92 Å². The Hall–Kier alpha value is -2.53. The molecule has 1 saturated heterocycles. The highest BCUT2D eigenvalue weighted by molar-refractivity contribution is 5.82. The van der Waals surface area contributed by atoms with Crippen molar-refractivity contribution < 1.29 is 5.11 Å². The lowest BCUT2D eigenvalue weighted by Crippen LogP contribution is -2.32. The number of anilines is 1. The van der Waals surface area contributed by atoms with Crippen LogP contribution in [0.4, 0.5) is 5.82 Å². The van der Waals surface area contributed by atoms with Crippen LogP contribution in [0.2, 0.25) is 0 Å². The summed E-state index contributed by atoms with van der Waals surface area (Å²) in [4.78, 5) is 16.0. The maximum Gasteiger partial charge on any atom is 0.161 e. The maximum absolute atomic E-state index is 9.47. The Bertz CT molecular complexity index is 863. The van der Waals surface area contributed by atoms with Crippen molar-refractivity contribution in [1.82, 2.24) is 15.0 Å². The number of aromatic nitrogens is 3. The SMILES string of the molecule is Cc1nc(-c2ccc(N3CCC[C@@H]3CO)nc2)nc2ccccc12. The molecule has 24 heavy (non-hydrogen) atoms. The fraction of sp³-hybridized carbons (Fsp3) is 0.316. The summed E-state index contributed by atoms with van der Waals surface area (Å²) in [6, 6.07) is 12.2. The van der Waals surface area contributed by atoms with E-state index in [1.165, 1.54) is 0 Å². The molecule has 5 heteroatoms. The Balaban J connectivity index is 1.68. The number of nitrogens with zero attached hydrogens (tertiary/aromatic N) is 4. The molecule has 1 aliphatic rings. The summed E-state index contributed by atoms with van der Waals surface area (Å²) in [6.45, 7) is 3.13. The van der Waals surface area contributed by atoms with Gasteiger partial charge in [-0.1, -0.05) is 18.2 Å². The number of aryl methyl sites for hydroxylation is 1. The van der Waals surface area contributed by atoms with Gasteiger partial charge in [0, 0.05) is 29.4 Å². The molecule has 0 bridgehead atoms. The lowest BCUT2D eigenvalue weighted by Gasteiger charge is -2.24. The summed E-state index contributed by atoms with van der Waals surface area (Å²) in [5.74, 6) is 1.61. The number of para-hydroxylation sites is 1. The molecule has 0 unspecified atom stereocenters. The molecular weight excluding hydrogens is 300 g/mol. The van der Waals surface area contributed by atoms with E-state index >= 15 is 0 Å². The molecular formula is C19H20N4O. The quantitative estimate of drug-likeness (QED) is 0.804. The van der Waals surface area contributed by atoms with Crippen LogP contribution in [0.5, 0.6) is 0 Å². The third kappa shape index (κ3) is 2.61. The molecule has 0 saturated carbocycles. The van der Waals surface area contributed by atoms with E-state index in [0.29, 0.717) is 5.82 Å². The molecule has 0 spiro atoms. The lowest BCUT2D eigenvalue weighted by atomic mass is 10.1. The standard InChI is InChI=1S/C19H20N4O/c1-13-16-6-2-3-7-17(16)22-19(21-13)14-8-9-18(20-11-14)23-10-4-5-15(23)12-24/h2-3,6-9,11,15,24H,4-5,10,12H2,1H3/t15-/m1/s1. The van der Waals surface area contributed by atoms with Gasteiger partial charge in [0.05, 0.1) is 18.2 Å². The van der Waals surface area contributed by atoms with Crippen molar-refractivity contribution in [1.29, 1.82) is 0 Å². The van der Waals surface area contributed by atoms with Crippen molar-refractivity contribution in [3.8, 4) is 11.4 Å². The number of aliphatic hydroxyl groups is 1. The van der Waals surface area contributed by atoms with Gasteiger partial charge in [-0.2, -0.15) is 0 Å². The minimum atomic E-state index is 0.177. The molecule has 5 nitrogen and oxygen atoms in total. The second-order valence-corrected chi connectivity index (χ2v) is 6.23. The third-order valence-electron chi connectivity index (χ3n) is 4.68. The highest BCUT2D eigenvalue weighted by Gasteiger charge is 2.24. The van der Waals surface area contributed by atoms with Gasteiger partial charge in [-0.25, -0.2) is 15.0 Å². The molecule has 1 fully saturated rings. The van der Waals surface area contributed by atoms with Crippen LogP contribution in [0.1, 0.15) is 18.5 Å². The summed E-state index contributed by atoms with van der Waals surface area (Å²) in [5, 5.41) is 10.5. The topological polar surface area (TPSA) is 62.1 Å². The second kappa shape index (κ2) is 6.17. The van der Waals surface area contributed by atoms with Crippen molar-refractivity contribution in [3.05, 3.63) is 48.3 Å². The zero-order valence-corrected chi connectivity index (χ0v) is 13.7. The predicted molar refractivity (Wildman–Crippen MR) is 95.0 cm³/mol. The van der Waals surface area contributed by atoms with E-state index in [9.17, 15) is 5.11 Å². The molecule has 1 N–H and O–H groups in total. The van der Waals surface area contributed by atoms with E-state index < -0.39 is 0 Å². The van der Waals surface area contributed by atoms with E-state index in [1.807, 2.05) is 49.5 Å². The van der Waals surface area contributed by atoms with Crippen LogP contribution in [-0.2, 0) is 0 Å². The van der Waals surface area contributed by atoms with E-state index in [0.717, 1.165) is 47.4 Å². The van der Waals surface area contributed by atoms with Gasteiger partial charge < -0.3 is 10.0 Å². The minimum absolute atomic E-state index is 0.177. The first-order chi connectivity index (χ1) is 11.8. The Morgan fingerprint density at radius 3 is 2.83 bits per heavy atom. The number of rotatable bonds is 3. The Kier molecular flexibility index (Phi) is 3.86. The highest BCUT2D eigenvalue weighted by Crippen LogP contribution is 2.26. The fourth-order valence-corrected chi connectivity index (χ4v) is 3.38. The third-order valence-corrected chi connectivity index (χ3v) is 4.68. The number of hydrogen-bond donors (Lipinski definition) is 1. The normalized spacial score (nSPS) is 17.6. The van der Waals surface area contributed by atoms with Crippen molar-refractivity contribution in [3.63, 3.8) is 0 Å². The zero-order valence-electron chi connectivity index (χ0n) is 13.7. The molecule has 1 atom stereocenters. The molecule has 122 valence electrons. The number of pyridine rings is 1. The van der Waals surface area contributed by atoms with Crippen LogP contribution in [0.3, 0.4) is 0 Å². The molecule has 3 heterocycles. The second-order valence-electron chi connectivity index (χ2n) is 6.23. The van der Waals surface area contributed by atoms with Crippen LogP contribution in [0.15, 0.2) is 42.6 Å². The minimum Gasteiger partial charge on any atom is -0.394 e. The van der Waals surface area contributed by atoms with Crippen LogP contribution in [0.25, 0.3) is 22.3 Å². The van der Waals surface area contributed by atoms with Gasteiger partial charge in [-0.3, -0.25) is 0 Å². The number of hydrogen-bond acceptors (Lipinski definition) is 5. The van der Waals surface area contributed by atoms with Gasteiger partial charge in [-0.15, -0.1) is 0 Å². The molecule has 3 aromatic rings. The van der Waals surface area contributed by atoms with Crippen LogP contribution in [-0.4, -0.2) is 39.3 Å². The first-order valence-corrected chi connectivity index (χ1v) is 8.33. The Morgan fingerprint density at radius 2 is 2.04 bits per heavy atom. The monoisotopic (exact) mass is 320 g/mol. The van der Waals surface area contributed by atoms with Gasteiger partial charge >= 0.3 is 0 Å². The average molecular weight is 320 g/mol. The summed E-state index contributed by atoms with van der Waals surface area (Å²) in [7, 11) is 0. The average Bonchev–Trinajstić information content (AvgIpc) is 3.10. The molecule has 1 aliphatic heterocycles. The number of benzene rings is 1. The molecule has 0 aliphatic carbocycles. The van der Waals surface area contributed by atoms with Crippen molar-refractivity contribution >= 4 is 16.7 Å². The van der Waals surface area contributed by atoms with Gasteiger partial charge in [0.2, 0.25) is 0 Å². The first kappa shape index (κ1) is 15.0. The van der Waals surface area contributed by atoms with Gasteiger partial charge in [-0.05, 0) is 38.0 Å². The van der Waals surface area contributed by atoms with Crippen molar-refractivity contribution in [2.75, 3.05) is 18.1 Å². The van der Waals surface area contributed by atoms with E-state index in [-0.39, 0.29) is 12.6 Å². The zero-order chi connectivity index (χ0) is 16.5. The summed E-state index contributed by atoms with van der Waals surface area (Å²) in [5.41, 5.74) is 2.83. The van der Waals surface area contributed by atoms with Gasteiger partial charge in [0.1, 0.15) is 5.82 Å². The smallest absolute Gasteiger partial charge is 0.161 e. The summed E-state index contributed by atoms with van der Waals surface area (Å²) < 4.78 is 0. The molecule has 2 aromatic heterocycles. The highest BCUT2D eigenvalue weighted by atomic mass is 16.3. The van der Waals surface area contributed by atoms with Crippen LogP contribution < -0.4 is 4.90 Å². The molecule has 1 aromatic carbocycles. The number of fused-ring (bicyclic) bond motifs is 1. The molecule has 4 rings (SSSR count). The Labute approximate surface area is 141 Å². The number of aliphatic hydroxyl groups excluding tert-OH is 1. The van der Waals surface area contributed by atoms with Crippen LogP contribution >= 0.6 is 0 Å². The maximum atomic E-state index is 9.47. The van der Waals surface area contributed by atoms with E-state index in [1.54, 1.807) is 0 Å².